The van der Waals surface area contributed by atoms with E-state index in [4.69, 9.17) is 4.74 Å². The van der Waals surface area contributed by atoms with E-state index >= 15 is 0 Å². The number of aromatic nitrogens is 2. The number of ether oxygens (including phenoxy) is 1. The average molecular weight is 477 g/mol. The Morgan fingerprint density at radius 2 is 1.59 bits per heavy atom. The number of fused-ring (bicyclic) bond motifs is 1. The SMILES string of the molecule is CCOC(=O)c1cccc(Nc2nc3ccccc3nc2NS(=O)(=O)c2ccc(C)c(C)c2)c1. The summed E-state index contributed by atoms with van der Waals surface area (Å²) < 4.78 is 33.9. The summed E-state index contributed by atoms with van der Waals surface area (Å²) in [5.41, 5.74) is 3.86. The number of carbonyl (C=O) groups is 1. The molecule has 0 radical (unpaired) electrons. The first-order chi connectivity index (χ1) is 16.3. The molecule has 3 aromatic carbocycles. The Hall–Kier alpha value is -3.98. The van der Waals surface area contributed by atoms with Gasteiger partial charge >= 0.3 is 5.97 Å². The largest absolute Gasteiger partial charge is 0.462 e. The number of anilines is 3. The molecule has 4 aromatic rings. The monoisotopic (exact) mass is 476 g/mol. The quantitative estimate of drug-likeness (QED) is 0.362. The summed E-state index contributed by atoms with van der Waals surface area (Å²) in [7, 11) is -3.93. The summed E-state index contributed by atoms with van der Waals surface area (Å²) in [6, 6.07) is 18.8. The lowest BCUT2D eigenvalue weighted by Crippen LogP contribution is -2.16. The van der Waals surface area contributed by atoms with Crippen molar-refractivity contribution >= 4 is 44.3 Å². The van der Waals surface area contributed by atoms with E-state index < -0.39 is 16.0 Å². The number of para-hydroxylation sites is 2. The lowest BCUT2D eigenvalue weighted by Gasteiger charge is -2.15. The molecule has 0 spiro atoms. The van der Waals surface area contributed by atoms with Gasteiger partial charge in [0.1, 0.15) is 0 Å². The van der Waals surface area contributed by atoms with Crippen molar-refractivity contribution in [3.8, 4) is 0 Å². The number of nitrogens with zero attached hydrogens (tertiary/aromatic N) is 2. The molecule has 8 nitrogen and oxygen atoms in total. The van der Waals surface area contributed by atoms with E-state index in [1.54, 1.807) is 67.6 Å². The van der Waals surface area contributed by atoms with Gasteiger partial charge in [-0.05, 0) is 74.4 Å². The molecule has 0 atom stereocenters. The summed E-state index contributed by atoms with van der Waals surface area (Å²) in [5.74, 6) is -0.211. The van der Waals surface area contributed by atoms with Gasteiger partial charge < -0.3 is 10.1 Å². The molecule has 0 saturated carbocycles. The molecule has 0 saturated heterocycles. The molecular formula is C25H24N4O4S. The standard InChI is InChI=1S/C25H24N4O4S/c1-4-33-25(30)18-8-7-9-19(15-18)26-23-24(28-22-11-6-5-10-21(22)27-23)29-34(31,32)20-13-12-16(2)17(3)14-20/h5-15H,4H2,1-3H3,(H,26,27)(H,28,29). The Labute approximate surface area is 198 Å². The Morgan fingerprint density at radius 1 is 0.882 bits per heavy atom. The molecule has 0 bridgehead atoms. The fourth-order valence-corrected chi connectivity index (χ4v) is 4.39. The van der Waals surface area contributed by atoms with Gasteiger partial charge in [0.15, 0.2) is 11.6 Å². The van der Waals surface area contributed by atoms with E-state index in [-0.39, 0.29) is 23.1 Å². The second-order valence-electron chi connectivity index (χ2n) is 7.69. The van der Waals surface area contributed by atoms with Crippen LogP contribution in [0.25, 0.3) is 11.0 Å². The van der Waals surface area contributed by atoms with Gasteiger partial charge in [-0.15, -0.1) is 0 Å². The van der Waals surface area contributed by atoms with Crippen LogP contribution >= 0.6 is 0 Å². The minimum atomic E-state index is -3.93. The zero-order valence-corrected chi connectivity index (χ0v) is 19.8. The molecule has 0 unspecified atom stereocenters. The van der Waals surface area contributed by atoms with Gasteiger partial charge in [0.2, 0.25) is 0 Å². The van der Waals surface area contributed by atoms with Crippen LogP contribution in [0.2, 0.25) is 0 Å². The minimum Gasteiger partial charge on any atom is -0.462 e. The molecule has 2 N–H and O–H groups in total. The molecule has 0 amide bonds. The zero-order valence-electron chi connectivity index (χ0n) is 19.0. The average Bonchev–Trinajstić information content (AvgIpc) is 2.81. The molecule has 0 aliphatic carbocycles. The molecule has 1 aromatic heterocycles. The maximum atomic E-state index is 13.2. The first kappa shape index (κ1) is 23.2. The van der Waals surface area contributed by atoms with E-state index in [1.807, 2.05) is 19.9 Å². The van der Waals surface area contributed by atoms with Crippen LogP contribution in [0.1, 0.15) is 28.4 Å². The predicted octanol–water partition coefficient (Wildman–Crippen LogP) is 4.97. The Kier molecular flexibility index (Phi) is 6.47. The third-order valence-corrected chi connectivity index (χ3v) is 6.56. The Morgan fingerprint density at radius 3 is 2.26 bits per heavy atom. The molecular weight excluding hydrogens is 452 g/mol. The second kappa shape index (κ2) is 9.48. The highest BCUT2D eigenvalue weighted by atomic mass is 32.2. The summed E-state index contributed by atoms with van der Waals surface area (Å²) in [4.78, 5) is 21.3. The van der Waals surface area contributed by atoms with Crippen LogP contribution in [0.5, 0.6) is 0 Å². The number of rotatable bonds is 7. The van der Waals surface area contributed by atoms with Gasteiger partial charge in [0, 0.05) is 5.69 Å². The molecule has 34 heavy (non-hydrogen) atoms. The van der Waals surface area contributed by atoms with E-state index in [0.717, 1.165) is 11.1 Å². The molecule has 9 heteroatoms. The highest BCUT2D eigenvalue weighted by Gasteiger charge is 2.20. The summed E-state index contributed by atoms with van der Waals surface area (Å²) in [6.45, 7) is 5.77. The third kappa shape index (κ3) is 4.99. The molecule has 1 heterocycles. The van der Waals surface area contributed by atoms with E-state index in [0.29, 0.717) is 22.3 Å². The van der Waals surface area contributed by atoms with Crippen LogP contribution in [0.3, 0.4) is 0 Å². The predicted molar refractivity (Wildman–Crippen MR) is 132 cm³/mol. The number of benzene rings is 3. The highest BCUT2D eigenvalue weighted by Crippen LogP contribution is 2.28. The zero-order chi connectivity index (χ0) is 24.3. The Bertz CT molecular complexity index is 1490. The van der Waals surface area contributed by atoms with Gasteiger partial charge in [-0.25, -0.2) is 23.2 Å². The fourth-order valence-electron chi connectivity index (χ4n) is 3.30. The molecule has 0 aliphatic rings. The summed E-state index contributed by atoms with van der Waals surface area (Å²) in [5, 5.41) is 3.09. The van der Waals surface area contributed by atoms with Crippen molar-refractivity contribution in [2.45, 2.75) is 25.7 Å². The summed E-state index contributed by atoms with van der Waals surface area (Å²) >= 11 is 0. The van der Waals surface area contributed by atoms with Crippen LogP contribution in [0, 0.1) is 13.8 Å². The van der Waals surface area contributed by atoms with Crippen LogP contribution in [0.15, 0.2) is 71.6 Å². The van der Waals surface area contributed by atoms with Crippen LogP contribution in [-0.4, -0.2) is 31.0 Å². The number of sulfonamides is 1. The van der Waals surface area contributed by atoms with Gasteiger partial charge in [0.05, 0.1) is 28.1 Å². The number of nitrogens with one attached hydrogen (secondary N) is 2. The van der Waals surface area contributed by atoms with Gasteiger partial charge in [-0.1, -0.05) is 24.3 Å². The van der Waals surface area contributed by atoms with Crippen LogP contribution < -0.4 is 10.0 Å². The molecule has 4 rings (SSSR count). The Balaban J connectivity index is 1.74. The number of esters is 1. The topological polar surface area (TPSA) is 110 Å². The van der Waals surface area contributed by atoms with Crippen molar-refractivity contribution in [3.05, 3.63) is 83.4 Å². The molecule has 174 valence electrons. The molecule has 0 fully saturated rings. The van der Waals surface area contributed by atoms with Crippen molar-refractivity contribution < 1.29 is 17.9 Å². The first-order valence-electron chi connectivity index (χ1n) is 10.7. The van der Waals surface area contributed by atoms with E-state index in [1.165, 1.54) is 0 Å². The first-order valence-corrected chi connectivity index (χ1v) is 12.2. The second-order valence-corrected chi connectivity index (χ2v) is 9.37. The third-order valence-electron chi connectivity index (χ3n) is 5.23. The van der Waals surface area contributed by atoms with Crippen LogP contribution in [0.4, 0.5) is 17.3 Å². The van der Waals surface area contributed by atoms with Crippen molar-refractivity contribution in [2.75, 3.05) is 16.6 Å². The van der Waals surface area contributed by atoms with Crippen molar-refractivity contribution in [1.82, 2.24) is 9.97 Å². The normalized spacial score (nSPS) is 11.3. The van der Waals surface area contributed by atoms with E-state index in [9.17, 15) is 13.2 Å². The van der Waals surface area contributed by atoms with Crippen molar-refractivity contribution in [2.24, 2.45) is 0 Å². The smallest absolute Gasteiger partial charge is 0.338 e. The number of aryl methyl sites for hydroxylation is 2. The lowest BCUT2D eigenvalue weighted by molar-refractivity contribution is 0.0526. The highest BCUT2D eigenvalue weighted by molar-refractivity contribution is 7.92. The number of hydrogen-bond donors (Lipinski definition) is 2. The number of hydrogen-bond acceptors (Lipinski definition) is 7. The maximum absolute atomic E-state index is 13.2. The van der Waals surface area contributed by atoms with Crippen molar-refractivity contribution in [3.63, 3.8) is 0 Å². The van der Waals surface area contributed by atoms with Crippen molar-refractivity contribution in [1.29, 1.82) is 0 Å². The minimum absolute atomic E-state index is 0.0402. The number of carbonyl (C=O) groups excluding carboxylic acids is 1. The van der Waals surface area contributed by atoms with Gasteiger partial charge in [-0.3, -0.25) is 4.72 Å². The fraction of sp³-hybridized carbons (Fsp3) is 0.160. The lowest BCUT2D eigenvalue weighted by atomic mass is 10.1. The maximum Gasteiger partial charge on any atom is 0.338 e. The van der Waals surface area contributed by atoms with Gasteiger partial charge in [-0.2, -0.15) is 0 Å². The van der Waals surface area contributed by atoms with Gasteiger partial charge in [0.25, 0.3) is 10.0 Å². The van der Waals surface area contributed by atoms with Crippen LogP contribution in [-0.2, 0) is 14.8 Å². The summed E-state index contributed by atoms with van der Waals surface area (Å²) in [6.07, 6.45) is 0. The van der Waals surface area contributed by atoms with E-state index in [2.05, 4.69) is 20.0 Å². The molecule has 0 aliphatic heterocycles.